The van der Waals surface area contributed by atoms with Crippen LogP contribution in [0.3, 0.4) is 0 Å². The molecule has 1 fully saturated rings. The highest BCUT2D eigenvalue weighted by atomic mass is 19.1. The Balaban J connectivity index is 1.40. The molecule has 7 heteroatoms. The van der Waals surface area contributed by atoms with E-state index in [0.717, 1.165) is 31.8 Å². The van der Waals surface area contributed by atoms with Gasteiger partial charge in [-0.15, -0.1) is 0 Å². The average molecular weight is 317 g/mol. The zero-order chi connectivity index (χ0) is 16.1. The Bertz CT molecular complexity index is 638. The summed E-state index contributed by atoms with van der Waals surface area (Å²) in [5.41, 5.74) is 0.499. The second kappa shape index (κ2) is 7.32. The number of amides is 1. The second-order valence-electron chi connectivity index (χ2n) is 5.80. The van der Waals surface area contributed by atoms with Gasteiger partial charge in [0, 0.05) is 24.6 Å². The molecule has 2 heterocycles. The molecule has 1 aromatic carbocycles. The molecular formula is C16H20FN5O. The van der Waals surface area contributed by atoms with Gasteiger partial charge in [-0.1, -0.05) is 6.07 Å². The van der Waals surface area contributed by atoms with Gasteiger partial charge in [0.2, 0.25) is 5.91 Å². The number of nitrogens with zero attached hydrogens (tertiary/aromatic N) is 3. The normalized spacial score (nSPS) is 16.4. The van der Waals surface area contributed by atoms with Crippen molar-refractivity contribution in [3.63, 3.8) is 0 Å². The summed E-state index contributed by atoms with van der Waals surface area (Å²) in [4.78, 5) is 18.4. The number of H-pyrrole nitrogens is 1. The molecule has 0 spiro atoms. The number of carbonyl (C=O) groups excluding carboxylic acids is 1. The molecule has 0 radical (unpaired) electrons. The number of likely N-dealkylation sites (tertiary alicyclic amines) is 1. The van der Waals surface area contributed by atoms with Gasteiger partial charge in [-0.3, -0.25) is 9.89 Å². The van der Waals surface area contributed by atoms with Gasteiger partial charge in [-0.25, -0.2) is 9.37 Å². The molecule has 23 heavy (non-hydrogen) atoms. The van der Waals surface area contributed by atoms with Crippen LogP contribution in [0.25, 0.3) is 0 Å². The summed E-state index contributed by atoms with van der Waals surface area (Å²) in [7, 11) is 0. The number of hydrogen-bond acceptors (Lipinski definition) is 4. The van der Waals surface area contributed by atoms with Gasteiger partial charge in [0.1, 0.15) is 18.0 Å². The standard InChI is InChI=1S/C16H20FN5O/c17-13-2-1-3-14(10-13)20-15(23)6-9-22-7-4-12(5-8-22)16-18-11-19-21-16/h1-3,10-12H,4-9H2,(H,20,23)(H,18,19,21). The first kappa shape index (κ1) is 15.6. The number of nitrogens with one attached hydrogen (secondary N) is 2. The van der Waals surface area contributed by atoms with Crippen molar-refractivity contribution in [2.24, 2.45) is 0 Å². The minimum atomic E-state index is -0.350. The van der Waals surface area contributed by atoms with Gasteiger partial charge in [0.05, 0.1) is 0 Å². The number of aromatic amines is 1. The molecule has 1 aliphatic rings. The molecule has 2 N–H and O–H groups in total. The minimum Gasteiger partial charge on any atom is -0.326 e. The monoisotopic (exact) mass is 317 g/mol. The minimum absolute atomic E-state index is 0.0899. The second-order valence-corrected chi connectivity index (χ2v) is 5.80. The van der Waals surface area contributed by atoms with Crippen LogP contribution >= 0.6 is 0 Å². The third kappa shape index (κ3) is 4.35. The lowest BCUT2D eigenvalue weighted by Gasteiger charge is -2.30. The molecule has 1 amide bonds. The van der Waals surface area contributed by atoms with Crippen LogP contribution < -0.4 is 5.32 Å². The number of benzene rings is 1. The summed E-state index contributed by atoms with van der Waals surface area (Å²) in [6.07, 6.45) is 3.98. The average Bonchev–Trinajstić information content (AvgIpc) is 3.08. The van der Waals surface area contributed by atoms with Gasteiger partial charge in [0.25, 0.3) is 0 Å². The van der Waals surface area contributed by atoms with Crippen molar-refractivity contribution in [1.29, 1.82) is 0 Å². The Morgan fingerprint density at radius 3 is 2.91 bits per heavy atom. The summed E-state index contributed by atoms with van der Waals surface area (Å²) < 4.78 is 13.1. The van der Waals surface area contributed by atoms with Crippen LogP contribution in [0.5, 0.6) is 0 Å². The van der Waals surface area contributed by atoms with Crippen molar-refractivity contribution < 1.29 is 9.18 Å². The van der Waals surface area contributed by atoms with Gasteiger partial charge < -0.3 is 10.2 Å². The summed E-state index contributed by atoms with van der Waals surface area (Å²) >= 11 is 0. The molecule has 2 aromatic rings. The molecular weight excluding hydrogens is 297 g/mol. The van der Waals surface area contributed by atoms with Crippen LogP contribution in [0.4, 0.5) is 10.1 Å². The maximum atomic E-state index is 13.1. The van der Waals surface area contributed by atoms with Crippen molar-refractivity contribution >= 4 is 11.6 Å². The number of hydrogen-bond donors (Lipinski definition) is 2. The molecule has 0 bridgehead atoms. The Labute approximate surface area is 134 Å². The topological polar surface area (TPSA) is 73.9 Å². The first-order valence-electron chi connectivity index (χ1n) is 7.84. The van der Waals surface area contributed by atoms with E-state index in [9.17, 15) is 9.18 Å². The third-order valence-electron chi connectivity index (χ3n) is 4.17. The van der Waals surface area contributed by atoms with Crippen LogP contribution in [0.1, 0.15) is 31.0 Å². The molecule has 0 unspecified atom stereocenters. The number of anilines is 1. The maximum Gasteiger partial charge on any atom is 0.225 e. The number of halogens is 1. The first-order chi connectivity index (χ1) is 11.2. The summed E-state index contributed by atoms with van der Waals surface area (Å²) in [6, 6.07) is 5.94. The largest absolute Gasteiger partial charge is 0.326 e. The summed E-state index contributed by atoms with van der Waals surface area (Å²) in [5, 5.41) is 9.55. The van der Waals surface area contributed by atoms with E-state index in [1.807, 2.05) is 0 Å². The van der Waals surface area contributed by atoms with E-state index in [4.69, 9.17) is 0 Å². The Morgan fingerprint density at radius 2 is 2.22 bits per heavy atom. The molecule has 0 atom stereocenters. The fourth-order valence-corrected chi connectivity index (χ4v) is 2.89. The summed E-state index contributed by atoms with van der Waals surface area (Å²) in [6.45, 7) is 2.60. The predicted octanol–water partition coefficient (Wildman–Crippen LogP) is 2.15. The molecule has 0 aliphatic carbocycles. The maximum absolute atomic E-state index is 13.1. The SMILES string of the molecule is O=C(CCN1CCC(c2ncn[nH]2)CC1)Nc1cccc(F)c1. The fraction of sp³-hybridized carbons (Fsp3) is 0.438. The van der Waals surface area contributed by atoms with Crippen LogP contribution in [0.15, 0.2) is 30.6 Å². The lowest BCUT2D eigenvalue weighted by molar-refractivity contribution is -0.116. The number of carbonyl (C=O) groups is 1. The zero-order valence-corrected chi connectivity index (χ0v) is 12.8. The van der Waals surface area contributed by atoms with Gasteiger partial charge in [-0.05, 0) is 44.1 Å². The van der Waals surface area contributed by atoms with E-state index in [1.165, 1.54) is 12.1 Å². The predicted molar refractivity (Wildman–Crippen MR) is 84.4 cm³/mol. The zero-order valence-electron chi connectivity index (χ0n) is 12.8. The Morgan fingerprint density at radius 1 is 1.39 bits per heavy atom. The van der Waals surface area contributed by atoms with Crippen molar-refractivity contribution in [1.82, 2.24) is 20.1 Å². The highest BCUT2D eigenvalue weighted by molar-refractivity contribution is 5.90. The number of rotatable bonds is 5. The number of piperidine rings is 1. The highest BCUT2D eigenvalue weighted by Crippen LogP contribution is 2.24. The van der Waals surface area contributed by atoms with Crippen molar-refractivity contribution in [2.45, 2.75) is 25.2 Å². The third-order valence-corrected chi connectivity index (χ3v) is 4.17. The van der Waals surface area contributed by atoms with E-state index in [2.05, 4.69) is 25.4 Å². The van der Waals surface area contributed by atoms with Crippen LogP contribution in [-0.4, -0.2) is 45.6 Å². The molecule has 122 valence electrons. The van der Waals surface area contributed by atoms with E-state index >= 15 is 0 Å². The smallest absolute Gasteiger partial charge is 0.225 e. The highest BCUT2D eigenvalue weighted by Gasteiger charge is 2.22. The fourth-order valence-electron chi connectivity index (χ4n) is 2.89. The van der Waals surface area contributed by atoms with E-state index in [-0.39, 0.29) is 11.7 Å². The van der Waals surface area contributed by atoms with Gasteiger partial charge >= 0.3 is 0 Å². The van der Waals surface area contributed by atoms with E-state index < -0.39 is 0 Å². The van der Waals surface area contributed by atoms with Crippen LogP contribution in [-0.2, 0) is 4.79 Å². The molecule has 6 nitrogen and oxygen atoms in total. The van der Waals surface area contributed by atoms with E-state index in [1.54, 1.807) is 18.5 Å². The van der Waals surface area contributed by atoms with Crippen molar-refractivity contribution in [3.05, 3.63) is 42.2 Å². The Kier molecular flexibility index (Phi) is 4.97. The molecule has 1 saturated heterocycles. The quantitative estimate of drug-likeness (QED) is 0.886. The molecule has 1 aliphatic heterocycles. The lowest BCUT2D eigenvalue weighted by Crippen LogP contribution is -2.35. The van der Waals surface area contributed by atoms with E-state index in [0.29, 0.717) is 24.6 Å². The summed E-state index contributed by atoms with van der Waals surface area (Å²) in [5.74, 6) is 0.939. The molecule has 1 aromatic heterocycles. The molecule has 0 saturated carbocycles. The van der Waals surface area contributed by atoms with Crippen molar-refractivity contribution in [3.8, 4) is 0 Å². The first-order valence-corrected chi connectivity index (χ1v) is 7.84. The van der Waals surface area contributed by atoms with Gasteiger partial charge in [0.15, 0.2) is 0 Å². The Hall–Kier alpha value is -2.28. The number of aromatic nitrogens is 3. The van der Waals surface area contributed by atoms with Crippen LogP contribution in [0, 0.1) is 5.82 Å². The van der Waals surface area contributed by atoms with Gasteiger partial charge in [-0.2, -0.15) is 5.10 Å². The molecule has 3 rings (SSSR count). The van der Waals surface area contributed by atoms with Crippen molar-refractivity contribution in [2.75, 3.05) is 25.0 Å². The van der Waals surface area contributed by atoms with Crippen LogP contribution in [0.2, 0.25) is 0 Å². The lowest BCUT2D eigenvalue weighted by atomic mass is 9.96.